The fourth-order valence-electron chi connectivity index (χ4n) is 2.13. The van der Waals surface area contributed by atoms with Gasteiger partial charge in [0.1, 0.15) is 17.3 Å². The monoisotopic (exact) mass is 303 g/mol. The Balaban J connectivity index is 2.64. The van der Waals surface area contributed by atoms with Crippen molar-refractivity contribution in [2.75, 3.05) is 13.2 Å². The van der Waals surface area contributed by atoms with Crippen molar-refractivity contribution in [3.8, 4) is 22.6 Å². The second-order valence-corrected chi connectivity index (χ2v) is 4.42. The number of benzene rings is 2. The van der Waals surface area contributed by atoms with Gasteiger partial charge in [-0.3, -0.25) is 0 Å². The van der Waals surface area contributed by atoms with Crippen molar-refractivity contribution < 1.29 is 23.8 Å². The Kier molecular flexibility index (Phi) is 4.99. The van der Waals surface area contributed by atoms with Crippen LogP contribution in [-0.4, -0.2) is 24.3 Å². The molecule has 2 rings (SSSR count). The van der Waals surface area contributed by atoms with Gasteiger partial charge in [-0.05, 0) is 49.7 Å². The first-order valence-corrected chi connectivity index (χ1v) is 6.91. The molecule has 115 valence electrons. The van der Waals surface area contributed by atoms with Gasteiger partial charge in [-0.1, -0.05) is 6.07 Å². The summed E-state index contributed by atoms with van der Waals surface area (Å²) in [6.07, 6.45) is 0. The third-order valence-corrected chi connectivity index (χ3v) is 3.01. The molecule has 0 fully saturated rings. The maximum Gasteiger partial charge on any atom is 0.338 e. The molecule has 0 aliphatic carbocycles. The Bertz CT molecular complexity index is 658. The van der Waals surface area contributed by atoms with Gasteiger partial charge in [-0.15, -0.1) is 0 Å². The number of hydrogen-bond donors (Lipinski definition) is 1. The number of ether oxygens (including phenoxy) is 2. The number of carboxylic acids is 1. The molecular weight excluding hydrogens is 287 g/mol. The molecule has 0 spiro atoms. The van der Waals surface area contributed by atoms with E-state index in [1.807, 2.05) is 13.8 Å². The molecule has 0 heterocycles. The van der Waals surface area contributed by atoms with Crippen molar-refractivity contribution in [3.63, 3.8) is 0 Å². The third-order valence-electron chi connectivity index (χ3n) is 3.01. The zero-order valence-electron chi connectivity index (χ0n) is 12.4. The Hall–Kier alpha value is -2.56. The molecule has 1 N–H and O–H groups in total. The van der Waals surface area contributed by atoms with Crippen molar-refractivity contribution in [2.45, 2.75) is 13.8 Å². The molecule has 0 saturated heterocycles. The number of carbonyl (C=O) groups is 1. The van der Waals surface area contributed by atoms with E-state index in [4.69, 9.17) is 14.6 Å². The molecule has 0 bridgehead atoms. The van der Waals surface area contributed by atoms with Gasteiger partial charge in [-0.25, -0.2) is 9.18 Å². The SMILES string of the molecule is CCOc1c[c]cc(OCC)c1-c1ccc(F)c(C(=O)O)c1. The topological polar surface area (TPSA) is 55.8 Å². The molecule has 0 aliphatic heterocycles. The van der Waals surface area contributed by atoms with E-state index in [1.54, 1.807) is 12.1 Å². The van der Waals surface area contributed by atoms with Crippen LogP contribution in [0.5, 0.6) is 11.5 Å². The van der Waals surface area contributed by atoms with E-state index in [-0.39, 0.29) is 0 Å². The first-order chi connectivity index (χ1) is 10.6. The van der Waals surface area contributed by atoms with Gasteiger partial charge >= 0.3 is 5.97 Å². The normalized spacial score (nSPS) is 10.3. The Morgan fingerprint density at radius 3 is 2.27 bits per heavy atom. The lowest BCUT2D eigenvalue weighted by molar-refractivity contribution is 0.0692. The summed E-state index contributed by atoms with van der Waals surface area (Å²) < 4.78 is 24.7. The zero-order chi connectivity index (χ0) is 16.1. The van der Waals surface area contributed by atoms with E-state index in [9.17, 15) is 9.18 Å². The van der Waals surface area contributed by atoms with Gasteiger partial charge in [-0.2, -0.15) is 0 Å². The average Bonchev–Trinajstić information content (AvgIpc) is 2.49. The number of hydrogen-bond acceptors (Lipinski definition) is 3. The molecule has 0 aliphatic rings. The molecule has 0 amide bonds. The van der Waals surface area contributed by atoms with Crippen molar-refractivity contribution in [2.24, 2.45) is 0 Å². The van der Waals surface area contributed by atoms with Crippen LogP contribution in [0.1, 0.15) is 24.2 Å². The summed E-state index contributed by atoms with van der Waals surface area (Å²) in [5.74, 6) is -1.08. The predicted octanol–water partition coefficient (Wildman–Crippen LogP) is 3.79. The van der Waals surface area contributed by atoms with Crippen molar-refractivity contribution in [3.05, 3.63) is 47.8 Å². The van der Waals surface area contributed by atoms with Gasteiger partial charge in [0.2, 0.25) is 0 Å². The highest BCUT2D eigenvalue weighted by Gasteiger charge is 2.17. The minimum absolute atomic E-state index is 0.393. The van der Waals surface area contributed by atoms with E-state index in [1.165, 1.54) is 12.1 Å². The number of carboxylic acid groups (broad SMARTS) is 1. The van der Waals surface area contributed by atoms with E-state index >= 15 is 0 Å². The van der Waals surface area contributed by atoms with E-state index in [0.29, 0.717) is 35.8 Å². The van der Waals surface area contributed by atoms with Crippen LogP contribution >= 0.6 is 0 Å². The van der Waals surface area contributed by atoms with Crippen LogP contribution in [0.4, 0.5) is 4.39 Å². The second-order valence-electron chi connectivity index (χ2n) is 4.42. The van der Waals surface area contributed by atoms with Crippen molar-refractivity contribution in [1.29, 1.82) is 0 Å². The number of rotatable bonds is 6. The summed E-state index contributed by atoms with van der Waals surface area (Å²) in [6, 6.07) is 10.1. The van der Waals surface area contributed by atoms with Gasteiger partial charge in [0.25, 0.3) is 0 Å². The molecule has 22 heavy (non-hydrogen) atoms. The minimum atomic E-state index is -1.32. The van der Waals surface area contributed by atoms with Crippen LogP contribution in [0, 0.1) is 11.9 Å². The van der Waals surface area contributed by atoms with E-state index in [2.05, 4.69) is 6.07 Å². The molecule has 2 aromatic rings. The van der Waals surface area contributed by atoms with Crippen LogP contribution in [-0.2, 0) is 0 Å². The van der Waals surface area contributed by atoms with E-state index in [0.717, 1.165) is 6.07 Å². The number of aromatic carboxylic acids is 1. The summed E-state index contributed by atoms with van der Waals surface area (Å²) in [5.41, 5.74) is 0.708. The summed E-state index contributed by atoms with van der Waals surface area (Å²) >= 11 is 0. The van der Waals surface area contributed by atoms with Crippen LogP contribution < -0.4 is 9.47 Å². The second kappa shape index (κ2) is 6.93. The molecule has 0 aromatic heterocycles. The first-order valence-electron chi connectivity index (χ1n) is 6.91. The summed E-state index contributed by atoms with van der Waals surface area (Å²) in [6.45, 7) is 4.54. The molecule has 0 saturated carbocycles. The number of halogens is 1. The third kappa shape index (κ3) is 3.19. The summed E-state index contributed by atoms with van der Waals surface area (Å²) in [7, 11) is 0. The standard InChI is InChI=1S/C17H16FO4/c1-3-21-14-6-5-7-15(22-4-2)16(14)11-8-9-13(18)12(10-11)17(19)20/h6-10H,3-4H2,1-2H3,(H,19,20). The fourth-order valence-corrected chi connectivity index (χ4v) is 2.13. The highest BCUT2D eigenvalue weighted by molar-refractivity contribution is 5.90. The molecule has 4 nitrogen and oxygen atoms in total. The quantitative estimate of drug-likeness (QED) is 0.882. The van der Waals surface area contributed by atoms with Crippen molar-refractivity contribution >= 4 is 5.97 Å². The molecule has 5 heteroatoms. The smallest absolute Gasteiger partial charge is 0.338 e. The summed E-state index contributed by atoms with van der Waals surface area (Å²) in [4.78, 5) is 11.1. The fraction of sp³-hybridized carbons (Fsp3) is 0.235. The Labute approximate surface area is 128 Å². The zero-order valence-corrected chi connectivity index (χ0v) is 12.4. The average molecular weight is 303 g/mol. The lowest BCUT2D eigenvalue weighted by Crippen LogP contribution is -2.03. The molecule has 0 unspecified atom stereocenters. The van der Waals surface area contributed by atoms with Crippen LogP contribution in [0.25, 0.3) is 11.1 Å². The lowest BCUT2D eigenvalue weighted by Gasteiger charge is -2.15. The largest absolute Gasteiger partial charge is 0.493 e. The minimum Gasteiger partial charge on any atom is -0.493 e. The maximum absolute atomic E-state index is 13.6. The van der Waals surface area contributed by atoms with Crippen molar-refractivity contribution in [1.82, 2.24) is 0 Å². The molecule has 2 aromatic carbocycles. The predicted molar refractivity (Wildman–Crippen MR) is 80.0 cm³/mol. The van der Waals surface area contributed by atoms with E-state index < -0.39 is 17.3 Å². The highest BCUT2D eigenvalue weighted by Crippen LogP contribution is 2.39. The van der Waals surface area contributed by atoms with Crippen LogP contribution in [0.3, 0.4) is 0 Å². The van der Waals surface area contributed by atoms with Gasteiger partial charge in [0.15, 0.2) is 0 Å². The Morgan fingerprint density at radius 1 is 1.18 bits per heavy atom. The lowest BCUT2D eigenvalue weighted by atomic mass is 10.0. The Morgan fingerprint density at radius 2 is 1.77 bits per heavy atom. The van der Waals surface area contributed by atoms with Gasteiger partial charge < -0.3 is 14.6 Å². The molecule has 0 atom stereocenters. The van der Waals surface area contributed by atoms with Crippen LogP contribution in [0.15, 0.2) is 30.3 Å². The first kappa shape index (κ1) is 15.8. The molecular formula is C17H16FO4. The molecule has 1 radical (unpaired) electrons. The van der Waals surface area contributed by atoms with Gasteiger partial charge in [0.05, 0.1) is 24.3 Å². The highest BCUT2D eigenvalue weighted by atomic mass is 19.1. The van der Waals surface area contributed by atoms with Crippen LogP contribution in [0.2, 0.25) is 0 Å². The maximum atomic E-state index is 13.6. The van der Waals surface area contributed by atoms with Gasteiger partial charge in [0, 0.05) is 0 Å². The summed E-state index contributed by atoms with van der Waals surface area (Å²) in [5, 5.41) is 9.07.